The van der Waals surface area contributed by atoms with Crippen molar-refractivity contribution in [2.75, 3.05) is 18.8 Å². The molecule has 2 atom stereocenters. The Morgan fingerprint density at radius 1 is 1.40 bits per heavy atom. The maximum atomic E-state index is 12.0. The molecule has 2 rings (SSSR count). The second kappa shape index (κ2) is 4.26. The zero-order valence-electron chi connectivity index (χ0n) is 9.09. The van der Waals surface area contributed by atoms with E-state index in [1.165, 1.54) is 0 Å². The van der Waals surface area contributed by atoms with Gasteiger partial charge in [-0.25, -0.2) is 12.7 Å². The topological polar surface area (TPSA) is 37.4 Å². The van der Waals surface area contributed by atoms with Gasteiger partial charge in [0.1, 0.15) is 0 Å². The highest BCUT2D eigenvalue weighted by Gasteiger charge is 2.43. The van der Waals surface area contributed by atoms with E-state index in [1.807, 2.05) is 0 Å². The van der Waals surface area contributed by atoms with Gasteiger partial charge in [0, 0.05) is 13.1 Å². The molecule has 88 valence electrons. The molecule has 1 aliphatic heterocycles. The molecule has 0 N–H and O–H groups in total. The van der Waals surface area contributed by atoms with E-state index in [4.69, 9.17) is 0 Å². The first-order chi connectivity index (χ1) is 7.05. The van der Waals surface area contributed by atoms with E-state index in [2.05, 4.69) is 19.6 Å². The van der Waals surface area contributed by atoms with Crippen LogP contribution in [-0.4, -0.2) is 36.8 Å². The van der Waals surface area contributed by atoms with Crippen LogP contribution in [0.2, 0.25) is 0 Å². The fourth-order valence-corrected chi connectivity index (χ4v) is 4.39. The highest BCUT2D eigenvalue weighted by atomic mass is 32.2. The first-order valence-corrected chi connectivity index (χ1v) is 7.79. The second-order valence-electron chi connectivity index (χ2n) is 4.81. The van der Waals surface area contributed by atoms with Gasteiger partial charge in [0.15, 0.2) is 0 Å². The van der Waals surface area contributed by atoms with Crippen molar-refractivity contribution >= 4 is 22.7 Å². The number of nitrogens with zero attached hydrogens (tertiary/aromatic N) is 1. The van der Waals surface area contributed by atoms with E-state index in [-0.39, 0.29) is 5.25 Å². The standard InChI is InChI=1S/C10H19NO2S2/c1-8(7-14)9-4-5-11(6-9)15(12,13)10-2-3-10/h8-10,14H,2-7H2,1H3/t8?,9-/m0/s1. The van der Waals surface area contributed by atoms with Gasteiger partial charge in [0.2, 0.25) is 10.0 Å². The van der Waals surface area contributed by atoms with Crippen molar-refractivity contribution in [1.82, 2.24) is 4.31 Å². The van der Waals surface area contributed by atoms with E-state index in [9.17, 15) is 8.42 Å². The van der Waals surface area contributed by atoms with Crippen LogP contribution >= 0.6 is 12.6 Å². The molecule has 1 saturated carbocycles. The molecular formula is C10H19NO2S2. The Morgan fingerprint density at radius 2 is 2.07 bits per heavy atom. The first kappa shape index (κ1) is 11.7. The molecule has 0 spiro atoms. The van der Waals surface area contributed by atoms with Gasteiger partial charge < -0.3 is 0 Å². The number of sulfonamides is 1. The zero-order chi connectivity index (χ0) is 11.1. The lowest BCUT2D eigenvalue weighted by Crippen LogP contribution is -2.32. The van der Waals surface area contributed by atoms with Gasteiger partial charge in [-0.15, -0.1) is 0 Å². The molecule has 3 nitrogen and oxygen atoms in total. The van der Waals surface area contributed by atoms with Crippen molar-refractivity contribution in [2.24, 2.45) is 11.8 Å². The summed E-state index contributed by atoms with van der Waals surface area (Å²) < 4.78 is 25.6. The largest absolute Gasteiger partial charge is 0.216 e. The Bertz CT molecular complexity index is 324. The van der Waals surface area contributed by atoms with Crippen molar-refractivity contribution in [3.05, 3.63) is 0 Å². The van der Waals surface area contributed by atoms with E-state index in [1.54, 1.807) is 4.31 Å². The van der Waals surface area contributed by atoms with Crippen LogP contribution in [-0.2, 0) is 10.0 Å². The van der Waals surface area contributed by atoms with Crippen molar-refractivity contribution in [3.63, 3.8) is 0 Å². The number of rotatable bonds is 4. The average molecular weight is 249 g/mol. The van der Waals surface area contributed by atoms with E-state index in [0.29, 0.717) is 11.8 Å². The SMILES string of the molecule is CC(CS)[C@H]1CCN(S(=O)(=O)C2CC2)C1. The predicted octanol–water partition coefficient (Wildman–Crippen LogP) is 1.37. The lowest BCUT2D eigenvalue weighted by atomic mass is 9.95. The first-order valence-electron chi connectivity index (χ1n) is 5.65. The quantitative estimate of drug-likeness (QED) is 0.764. The van der Waals surface area contributed by atoms with Gasteiger partial charge in [-0.2, -0.15) is 12.6 Å². The summed E-state index contributed by atoms with van der Waals surface area (Å²) in [6.07, 6.45) is 2.74. The van der Waals surface area contributed by atoms with Gasteiger partial charge in [0.05, 0.1) is 5.25 Å². The summed E-state index contributed by atoms with van der Waals surface area (Å²) in [6, 6.07) is 0. The molecule has 2 aliphatic rings. The van der Waals surface area contributed by atoms with Gasteiger partial charge in [-0.3, -0.25) is 0 Å². The summed E-state index contributed by atoms with van der Waals surface area (Å²) in [7, 11) is -2.93. The van der Waals surface area contributed by atoms with Crippen molar-refractivity contribution in [1.29, 1.82) is 0 Å². The highest BCUT2D eigenvalue weighted by Crippen LogP contribution is 2.35. The summed E-state index contributed by atoms with van der Waals surface area (Å²) in [5, 5.41) is -0.0532. The fourth-order valence-electron chi connectivity index (χ4n) is 2.18. The predicted molar refractivity (Wildman–Crippen MR) is 64.6 cm³/mol. The fraction of sp³-hybridized carbons (Fsp3) is 1.00. The molecule has 5 heteroatoms. The number of hydrogen-bond acceptors (Lipinski definition) is 3. The highest BCUT2D eigenvalue weighted by molar-refractivity contribution is 7.90. The minimum Gasteiger partial charge on any atom is -0.212 e. The third-order valence-corrected chi connectivity index (χ3v) is 6.53. The van der Waals surface area contributed by atoms with Crippen LogP contribution in [0.4, 0.5) is 0 Å². The Morgan fingerprint density at radius 3 is 2.60 bits per heavy atom. The molecule has 0 aromatic carbocycles. The van der Waals surface area contributed by atoms with Crippen molar-refractivity contribution in [3.8, 4) is 0 Å². The second-order valence-corrected chi connectivity index (χ2v) is 7.39. The third-order valence-electron chi connectivity index (χ3n) is 3.59. The number of hydrogen-bond donors (Lipinski definition) is 1. The van der Waals surface area contributed by atoms with Crippen LogP contribution in [0, 0.1) is 11.8 Å². The third kappa shape index (κ3) is 2.34. The summed E-state index contributed by atoms with van der Waals surface area (Å²) >= 11 is 4.28. The van der Waals surface area contributed by atoms with Gasteiger partial charge >= 0.3 is 0 Å². The molecule has 1 heterocycles. The summed E-state index contributed by atoms with van der Waals surface area (Å²) in [5.74, 6) is 1.88. The van der Waals surface area contributed by atoms with Crippen LogP contribution in [0.5, 0.6) is 0 Å². The molecule has 1 unspecified atom stereocenters. The van der Waals surface area contributed by atoms with Crippen molar-refractivity contribution in [2.45, 2.75) is 31.4 Å². The van der Waals surface area contributed by atoms with E-state index in [0.717, 1.165) is 38.1 Å². The summed E-state index contributed by atoms with van der Waals surface area (Å²) in [5.41, 5.74) is 0. The maximum Gasteiger partial charge on any atom is 0.216 e. The van der Waals surface area contributed by atoms with Gasteiger partial charge in [-0.1, -0.05) is 6.92 Å². The van der Waals surface area contributed by atoms with Gasteiger partial charge in [0.25, 0.3) is 0 Å². The molecular weight excluding hydrogens is 230 g/mol. The van der Waals surface area contributed by atoms with Gasteiger partial charge in [-0.05, 0) is 36.9 Å². The molecule has 0 amide bonds. The minimum absolute atomic E-state index is 0.0532. The molecule has 0 aromatic heterocycles. The molecule has 15 heavy (non-hydrogen) atoms. The Balaban J connectivity index is 1.97. The molecule has 0 bridgehead atoms. The Kier molecular flexibility index (Phi) is 3.33. The summed E-state index contributed by atoms with van der Waals surface area (Å²) in [4.78, 5) is 0. The van der Waals surface area contributed by atoms with Crippen LogP contribution in [0.15, 0.2) is 0 Å². The molecule has 1 aliphatic carbocycles. The number of thiol groups is 1. The molecule has 0 radical (unpaired) electrons. The normalized spacial score (nSPS) is 30.7. The summed E-state index contributed by atoms with van der Waals surface area (Å²) in [6.45, 7) is 3.60. The van der Waals surface area contributed by atoms with Crippen molar-refractivity contribution < 1.29 is 8.42 Å². The van der Waals surface area contributed by atoms with Crippen LogP contribution in [0.3, 0.4) is 0 Å². The lowest BCUT2D eigenvalue weighted by molar-refractivity contribution is 0.393. The van der Waals surface area contributed by atoms with Crippen LogP contribution in [0.25, 0.3) is 0 Å². The molecule has 0 aromatic rings. The van der Waals surface area contributed by atoms with Crippen LogP contribution in [0.1, 0.15) is 26.2 Å². The maximum absolute atomic E-state index is 12.0. The Labute approximate surface area is 97.7 Å². The average Bonchev–Trinajstić information content (AvgIpc) is 2.95. The molecule has 2 fully saturated rings. The van der Waals surface area contributed by atoms with Crippen LogP contribution < -0.4 is 0 Å². The smallest absolute Gasteiger partial charge is 0.212 e. The molecule has 1 saturated heterocycles. The zero-order valence-corrected chi connectivity index (χ0v) is 10.8. The van der Waals surface area contributed by atoms with E-state index < -0.39 is 10.0 Å². The monoisotopic (exact) mass is 249 g/mol. The Hall–Kier alpha value is 0.260. The lowest BCUT2D eigenvalue weighted by Gasteiger charge is -2.18. The minimum atomic E-state index is -2.93. The van der Waals surface area contributed by atoms with E-state index >= 15 is 0 Å².